The summed E-state index contributed by atoms with van der Waals surface area (Å²) in [4.78, 5) is 14.2. The number of anilines is 1. The molecule has 5 heteroatoms. The Morgan fingerprint density at radius 2 is 1.95 bits per heavy atom. The molecule has 2 aromatic rings. The lowest BCUT2D eigenvalue weighted by atomic mass is 10.0. The van der Waals surface area contributed by atoms with E-state index in [0.29, 0.717) is 11.3 Å². The highest BCUT2D eigenvalue weighted by molar-refractivity contribution is 6.01. The van der Waals surface area contributed by atoms with Crippen molar-refractivity contribution >= 4 is 11.6 Å². The number of para-hydroxylation sites is 1. The van der Waals surface area contributed by atoms with Crippen LogP contribution in [0.4, 0.5) is 5.69 Å². The maximum Gasteiger partial charge on any atom is 0.257 e. The molecule has 0 aliphatic carbocycles. The molecule has 0 saturated heterocycles. The van der Waals surface area contributed by atoms with Crippen molar-refractivity contribution in [3.63, 3.8) is 0 Å². The number of hydrogen-bond donors (Lipinski definition) is 1. The third-order valence-electron chi connectivity index (χ3n) is 3.87. The predicted octanol–water partition coefficient (Wildman–Crippen LogP) is 2.61. The Kier molecular flexibility index (Phi) is 2.54. The van der Waals surface area contributed by atoms with E-state index in [1.165, 1.54) is 0 Å². The molecule has 106 valence electrons. The van der Waals surface area contributed by atoms with Crippen LogP contribution in [0.25, 0.3) is 0 Å². The third kappa shape index (κ3) is 1.81. The van der Waals surface area contributed by atoms with Crippen molar-refractivity contribution in [2.45, 2.75) is 6.17 Å². The monoisotopic (exact) mass is 282 g/mol. The van der Waals surface area contributed by atoms with Crippen LogP contribution in [0.5, 0.6) is 11.5 Å². The number of ether oxygens (including phenoxy) is 2. The SMILES string of the molecule is CN1C(=O)c2ccccc2NC1c1ccc2c(c1)OCO2. The standard InChI is InChI=1S/C16H14N2O3/c1-18-15(10-6-7-13-14(8-10)21-9-20-13)17-12-5-3-2-4-11(12)16(18)19/h2-8,15,17H,9H2,1H3. The molecule has 0 saturated carbocycles. The fourth-order valence-corrected chi connectivity index (χ4v) is 2.74. The molecule has 1 atom stereocenters. The second kappa shape index (κ2) is 4.41. The minimum atomic E-state index is -0.220. The Bertz CT molecular complexity index is 729. The van der Waals surface area contributed by atoms with Crippen LogP contribution in [0.2, 0.25) is 0 Å². The first-order chi connectivity index (χ1) is 10.2. The van der Waals surface area contributed by atoms with E-state index in [2.05, 4.69) is 5.32 Å². The number of carbonyl (C=O) groups is 1. The van der Waals surface area contributed by atoms with Crippen molar-refractivity contribution in [3.05, 3.63) is 53.6 Å². The molecule has 5 nitrogen and oxygen atoms in total. The van der Waals surface area contributed by atoms with E-state index in [9.17, 15) is 4.79 Å². The van der Waals surface area contributed by atoms with Gasteiger partial charge in [0.1, 0.15) is 6.17 Å². The fourth-order valence-electron chi connectivity index (χ4n) is 2.74. The van der Waals surface area contributed by atoms with E-state index in [-0.39, 0.29) is 18.9 Å². The molecule has 2 heterocycles. The molecule has 2 aliphatic rings. The summed E-state index contributed by atoms with van der Waals surface area (Å²) < 4.78 is 10.7. The van der Waals surface area contributed by atoms with E-state index in [1.54, 1.807) is 11.9 Å². The summed E-state index contributed by atoms with van der Waals surface area (Å²) in [6, 6.07) is 13.3. The van der Waals surface area contributed by atoms with Crippen LogP contribution in [-0.4, -0.2) is 24.6 Å². The number of fused-ring (bicyclic) bond motifs is 2. The number of hydrogen-bond acceptors (Lipinski definition) is 4. The number of benzene rings is 2. The quantitative estimate of drug-likeness (QED) is 0.873. The van der Waals surface area contributed by atoms with E-state index >= 15 is 0 Å². The van der Waals surface area contributed by atoms with Crippen LogP contribution in [0.1, 0.15) is 22.1 Å². The maximum absolute atomic E-state index is 12.5. The van der Waals surface area contributed by atoms with Gasteiger partial charge in [0.05, 0.1) is 5.56 Å². The van der Waals surface area contributed by atoms with Crippen LogP contribution in [-0.2, 0) is 0 Å². The Labute approximate surface area is 122 Å². The lowest BCUT2D eigenvalue weighted by Gasteiger charge is -2.35. The van der Waals surface area contributed by atoms with Gasteiger partial charge in [-0.05, 0) is 29.8 Å². The van der Waals surface area contributed by atoms with Gasteiger partial charge in [-0.3, -0.25) is 4.79 Å². The Hall–Kier alpha value is -2.69. The van der Waals surface area contributed by atoms with Gasteiger partial charge in [-0.25, -0.2) is 0 Å². The smallest absolute Gasteiger partial charge is 0.257 e. The molecule has 0 radical (unpaired) electrons. The molecule has 1 N–H and O–H groups in total. The van der Waals surface area contributed by atoms with Crippen LogP contribution in [0.3, 0.4) is 0 Å². The highest BCUT2D eigenvalue weighted by Gasteiger charge is 2.30. The number of rotatable bonds is 1. The highest BCUT2D eigenvalue weighted by atomic mass is 16.7. The van der Waals surface area contributed by atoms with Gasteiger partial charge in [-0.2, -0.15) is 0 Å². The van der Waals surface area contributed by atoms with Crippen LogP contribution >= 0.6 is 0 Å². The number of nitrogens with zero attached hydrogens (tertiary/aromatic N) is 1. The molecule has 0 aromatic heterocycles. The first-order valence-electron chi connectivity index (χ1n) is 6.76. The van der Waals surface area contributed by atoms with E-state index in [1.807, 2.05) is 42.5 Å². The molecule has 0 bridgehead atoms. The molecule has 0 fully saturated rings. The van der Waals surface area contributed by atoms with Gasteiger partial charge in [-0.15, -0.1) is 0 Å². The second-order valence-electron chi connectivity index (χ2n) is 5.12. The zero-order valence-corrected chi connectivity index (χ0v) is 11.5. The first kappa shape index (κ1) is 12.1. The van der Waals surface area contributed by atoms with Crippen LogP contribution in [0, 0.1) is 0 Å². The van der Waals surface area contributed by atoms with Crippen LogP contribution in [0.15, 0.2) is 42.5 Å². The van der Waals surface area contributed by atoms with Gasteiger partial charge in [-0.1, -0.05) is 18.2 Å². The highest BCUT2D eigenvalue weighted by Crippen LogP contribution is 2.37. The average molecular weight is 282 g/mol. The van der Waals surface area contributed by atoms with Crippen LogP contribution < -0.4 is 14.8 Å². The zero-order valence-electron chi connectivity index (χ0n) is 11.5. The summed E-state index contributed by atoms with van der Waals surface area (Å²) in [6.45, 7) is 0.245. The van der Waals surface area contributed by atoms with E-state index in [0.717, 1.165) is 17.0 Å². The van der Waals surface area contributed by atoms with Crippen molar-refractivity contribution in [2.75, 3.05) is 19.2 Å². The molecule has 4 rings (SSSR count). The minimum Gasteiger partial charge on any atom is -0.454 e. The molecule has 1 amide bonds. The molecule has 2 aliphatic heterocycles. The fraction of sp³-hybridized carbons (Fsp3) is 0.188. The van der Waals surface area contributed by atoms with Gasteiger partial charge in [0.25, 0.3) is 5.91 Å². The van der Waals surface area contributed by atoms with Gasteiger partial charge in [0.2, 0.25) is 6.79 Å². The van der Waals surface area contributed by atoms with E-state index in [4.69, 9.17) is 9.47 Å². The van der Waals surface area contributed by atoms with Crippen molar-refractivity contribution in [2.24, 2.45) is 0 Å². The summed E-state index contributed by atoms with van der Waals surface area (Å²) in [6.07, 6.45) is -0.220. The number of carbonyl (C=O) groups excluding carboxylic acids is 1. The number of amides is 1. The summed E-state index contributed by atoms with van der Waals surface area (Å²) in [5, 5.41) is 3.39. The van der Waals surface area contributed by atoms with Crippen molar-refractivity contribution in [1.29, 1.82) is 0 Å². The Morgan fingerprint density at radius 1 is 1.14 bits per heavy atom. The number of nitrogens with one attached hydrogen (secondary N) is 1. The molecule has 2 aromatic carbocycles. The normalized spacial score (nSPS) is 19.2. The second-order valence-corrected chi connectivity index (χ2v) is 5.12. The topological polar surface area (TPSA) is 50.8 Å². The summed E-state index contributed by atoms with van der Waals surface area (Å²) in [7, 11) is 1.79. The van der Waals surface area contributed by atoms with Gasteiger partial charge in [0, 0.05) is 12.7 Å². The molecule has 1 unspecified atom stereocenters. The van der Waals surface area contributed by atoms with Gasteiger partial charge >= 0.3 is 0 Å². The lowest BCUT2D eigenvalue weighted by Crippen LogP contribution is -2.40. The zero-order chi connectivity index (χ0) is 14.4. The van der Waals surface area contributed by atoms with E-state index < -0.39 is 0 Å². The summed E-state index contributed by atoms with van der Waals surface area (Å²) in [5.41, 5.74) is 2.50. The summed E-state index contributed by atoms with van der Waals surface area (Å²) >= 11 is 0. The van der Waals surface area contributed by atoms with Crippen molar-refractivity contribution < 1.29 is 14.3 Å². The lowest BCUT2D eigenvalue weighted by molar-refractivity contribution is 0.0735. The molecule has 21 heavy (non-hydrogen) atoms. The first-order valence-corrected chi connectivity index (χ1v) is 6.76. The molecule has 0 spiro atoms. The third-order valence-corrected chi connectivity index (χ3v) is 3.87. The molecular weight excluding hydrogens is 268 g/mol. The van der Waals surface area contributed by atoms with Crippen molar-refractivity contribution in [1.82, 2.24) is 4.90 Å². The molecular formula is C16H14N2O3. The minimum absolute atomic E-state index is 0.00650. The largest absolute Gasteiger partial charge is 0.454 e. The maximum atomic E-state index is 12.5. The van der Waals surface area contributed by atoms with Gasteiger partial charge < -0.3 is 19.7 Å². The van der Waals surface area contributed by atoms with Crippen molar-refractivity contribution in [3.8, 4) is 11.5 Å². The average Bonchev–Trinajstić information content (AvgIpc) is 2.98. The Balaban J connectivity index is 1.75. The summed E-state index contributed by atoms with van der Waals surface area (Å²) in [5.74, 6) is 1.46. The Morgan fingerprint density at radius 3 is 2.86 bits per heavy atom. The van der Waals surface area contributed by atoms with Gasteiger partial charge in [0.15, 0.2) is 11.5 Å². The predicted molar refractivity (Wildman–Crippen MR) is 77.5 cm³/mol.